The predicted molar refractivity (Wildman–Crippen MR) is 54.9 cm³/mol. The van der Waals surface area contributed by atoms with Gasteiger partial charge in [0.1, 0.15) is 0 Å². The summed E-state index contributed by atoms with van der Waals surface area (Å²) in [5.74, 6) is 2.74. The van der Waals surface area contributed by atoms with Crippen LogP contribution in [-0.2, 0) is 4.79 Å². The highest BCUT2D eigenvalue weighted by Gasteiger charge is 2.22. The van der Waals surface area contributed by atoms with E-state index in [4.69, 9.17) is 0 Å². The minimum absolute atomic E-state index is 0.207. The molecule has 1 amide bonds. The molecule has 2 unspecified atom stereocenters. The molecule has 0 aliphatic carbocycles. The van der Waals surface area contributed by atoms with Crippen LogP contribution >= 0.6 is 11.8 Å². The van der Waals surface area contributed by atoms with E-state index in [0.29, 0.717) is 18.5 Å². The van der Waals surface area contributed by atoms with Crippen molar-refractivity contribution >= 4 is 17.7 Å². The minimum Gasteiger partial charge on any atom is -0.355 e. The molecule has 0 aromatic rings. The Bertz CT molecular complexity index is 182. The molecule has 2 aliphatic heterocycles. The Labute approximate surface area is 83.0 Å². The van der Waals surface area contributed by atoms with Gasteiger partial charge in [0, 0.05) is 30.8 Å². The Hall–Kier alpha value is -0.220. The number of carbonyl (C=O) groups excluding carboxylic acids is 1. The maximum absolute atomic E-state index is 10.9. The summed E-state index contributed by atoms with van der Waals surface area (Å²) in [6.45, 7) is 0.819. The lowest BCUT2D eigenvalue weighted by Crippen LogP contribution is -2.49. The largest absolute Gasteiger partial charge is 0.355 e. The van der Waals surface area contributed by atoms with E-state index >= 15 is 0 Å². The Morgan fingerprint density at radius 3 is 2.92 bits per heavy atom. The molecule has 0 bridgehead atoms. The van der Waals surface area contributed by atoms with Crippen LogP contribution in [0, 0.1) is 0 Å². The molecule has 4 heteroatoms. The van der Waals surface area contributed by atoms with Crippen molar-refractivity contribution in [1.82, 2.24) is 10.6 Å². The molecule has 0 saturated carbocycles. The topological polar surface area (TPSA) is 41.1 Å². The van der Waals surface area contributed by atoms with Crippen molar-refractivity contribution in [2.45, 2.75) is 31.3 Å². The van der Waals surface area contributed by atoms with Crippen LogP contribution in [0.15, 0.2) is 0 Å². The van der Waals surface area contributed by atoms with Crippen LogP contribution in [0.2, 0.25) is 0 Å². The highest BCUT2D eigenvalue weighted by Crippen LogP contribution is 2.18. The molecule has 2 rings (SSSR count). The molecule has 2 saturated heterocycles. The summed E-state index contributed by atoms with van der Waals surface area (Å²) < 4.78 is 0. The van der Waals surface area contributed by atoms with Gasteiger partial charge in [0.15, 0.2) is 0 Å². The molecule has 13 heavy (non-hydrogen) atoms. The molecule has 2 heterocycles. The number of thioether (sulfide) groups is 1. The van der Waals surface area contributed by atoms with Crippen molar-refractivity contribution < 1.29 is 4.79 Å². The van der Waals surface area contributed by atoms with E-state index in [0.717, 1.165) is 13.0 Å². The van der Waals surface area contributed by atoms with Gasteiger partial charge in [-0.25, -0.2) is 0 Å². The van der Waals surface area contributed by atoms with Crippen LogP contribution in [0.5, 0.6) is 0 Å². The number of piperidine rings is 1. The number of amides is 1. The standard InChI is InChI=1S/C9H16N2OS/c12-9-2-1-7(5-10-9)11-8-3-4-13-6-8/h7-8,11H,1-6H2,(H,10,12). The van der Waals surface area contributed by atoms with Crippen molar-refractivity contribution in [3.05, 3.63) is 0 Å². The van der Waals surface area contributed by atoms with E-state index in [1.165, 1.54) is 17.9 Å². The maximum Gasteiger partial charge on any atom is 0.220 e. The third-order valence-corrected chi connectivity index (χ3v) is 3.83. The summed E-state index contributed by atoms with van der Waals surface area (Å²) in [7, 11) is 0. The first kappa shape index (κ1) is 9.34. The van der Waals surface area contributed by atoms with Crippen LogP contribution < -0.4 is 10.6 Å². The second kappa shape index (κ2) is 4.33. The second-order valence-corrected chi connectivity index (χ2v) is 4.92. The van der Waals surface area contributed by atoms with Gasteiger partial charge in [0.05, 0.1) is 0 Å². The summed E-state index contributed by atoms with van der Waals surface area (Å²) in [6, 6.07) is 1.20. The van der Waals surface area contributed by atoms with Gasteiger partial charge in [-0.15, -0.1) is 0 Å². The lowest BCUT2D eigenvalue weighted by atomic mass is 10.1. The van der Waals surface area contributed by atoms with Crippen molar-refractivity contribution in [3.8, 4) is 0 Å². The van der Waals surface area contributed by atoms with Gasteiger partial charge in [-0.1, -0.05) is 0 Å². The van der Waals surface area contributed by atoms with Crippen LogP contribution in [0.3, 0.4) is 0 Å². The van der Waals surface area contributed by atoms with Crippen molar-refractivity contribution in [3.63, 3.8) is 0 Å². The van der Waals surface area contributed by atoms with E-state index in [-0.39, 0.29) is 5.91 Å². The Kier molecular flexibility index (Phi) is 3.11. The number of carbonyl (C=O) groups is 1. The van der Waals surface area contributed by atoms with Crippen LogP contribution in [0.25, 0.3) is 0 Å². The lowest BCUT2D eigenvalue weighted by Gasteiger charge is -2.26. The smallest absolute Gasteiger partial charge is 0.220 e. The molecule has 0 aromatic carbocycles. The third-order valence-electron chi connectivity index (χ3n) is 2.67. The van der Waals surface area contributed by atoms with Crippen LogP contribution in [0.4, 0.5) is 0 Å². The van der Waals surface area contributed by atoms with Gasteiger partial charge in [-0.3, -0.25) is 4.79 Å². The summed E-state index contributed by atoms with van der Waals surface area (Å²) in [5.41, 5.74) is 0. The van der Waals surface area contributed by atoms with Gasteiger partial charge in [-0.05, 0) is 18.6 Å². The fourth-order valence-corrected chi connectivity index (χ4v) is 3.04. The van der Waals surface area contributed by atoms with E-state index < -0.39 is 0 Å². The average molecular weight is 200 g/mol. The molecule has 2 atom stereocenters. The monoisotopic (exact) mass is 200 g/mol. The summed E-state index contributed by atoms with van der Waals surface area (Å²) in [6.07, 6.45) is 2.99. The zero-order valence-corrected chi connectivity index (χ0v) is 8.53. The number of hydrogen-bond donors (Lipinski definition) is 2. The fourth-order valence-electron chi connectivity index (χ4n) is 1.87. The van der Waals surface area contributed by atoms with Gasteiger partial charge < -0.3 is 10.6 Å². The number of hydrogen-bond acceptors (Lipinski definition) is 3. The Morgan fingerprint density at radius 2 is 2.31 bits per heavy atom. The zero-order chi connectivity index (χ0) is 9.10. The van der Waals surface area contributed by atoms with Crippen LogP contribution in [0.1, 0.15) is 19.3 Å². The van der Waals surface area contributed by atoms with E-state index in [2.05, 4.69) is 10.6 Å². The highest BCUT2D eigenvalue weighted by atomic mass is 32.2. The van der Waals surface area contributed by atoms with Crippen molar-refractivity contribution in [2.75, 3.05) is 18.1 Å². The normalized spacial score (nSPS) is 34.6. The third kappa shape index (κ3) is 2.61. The first-order valence-corrected chi connectivity index (χ1v) is 6.10. The zero-order valence-electron chi connectivity index (χ0n) is 7.71. The first-order chi connectivity index (χ1) is 6.34. The number of nitrogens with one attached hydrogen (secondary N) is 2. The molecule has 3 nitrogen and oxygen atoms in total. The Balaban J connectivity index is 1.72. The minimum atomic E-state index is 0.207. The van der Waals surface area contributed by atoms with E-state index in [1.807, 2.05) is 11.8 Å². The SMILES string of the molecule is O=C1CCC(NC2CCSC2)CN1. The van der Waals surface area contributed by atoms with E-state index in [1.54, 1.807) is 0 Å². The number of rotatable bonds is 2. The molecule has 0 aromatic heterocycles. The van der Waals surface area contributed by atoms with Gasteiger partial charge in [-0.2, -0.15) is 11.8 Å². The molecule has 0 spiro atoms. The molecule has 2 N–H and O–H groups in total. The summed E-state index contributed by atoms with van der Waals surface area (Å²) in [4.78, 5) is 10.9. The molecular formula is C9H16N2OS. The van der Waals surface area contributed by atoms with Crippen molar-refractivity contribution in [2.24, 2.45) is 0 Å². The molecular weight excluding hydrogens is 184 g/mol. The molecule has 0 radical (unpaired) electrons. The summed E-state index contributed by atoms with van der Waals surface area (Å²) >= 11 is 2.02. The average Bonchev–Trinajstić information content (AvgIpc) is 2.62. The second-order valence-electron chi connectivity index (χ2n) is 3.77. The molecule has 74 valence electrons. The molecule has 2 fully saturated rings. The van der Waals surface area contributed by atoms with Gasteiger partial charge >= 0.3 is 0 Å². The predicted octanol–water partition coefficient (Wildman–Crippen LogP) is 0.360. The van der Waals surface area contributed by atoms with Gasteiger partial charge in [0.25, 0.3) is 0 Å². The quantitative estimate of drug-likeness (QED) is 0.676. The molecule has 2 aliphatic rings. The summed E-state index contributed by atoms with van der Waals surface area (Å²) in [5, 5.41) is 6.50. The highest BCUT2D eigenvalue weighted by molar-refractivity contribution is 7.99. The first-order valence-electron chi connectivity index (χ1n) is 4.95. The van der Waals surface area contributed by atoms with Gasteiger partial charge in [0.2, 0.25) is 5.91 Å². The van der Waals surface area contributed by atoms with Crippen LogP contribution in [-0.4, -0.2) is 36.0 Å². The fraction of sp³-hybridized carbons (Fsp3) is 0.889. The lowest BCUT2D eigenvalue weighted by molar-refractivity contribution is -0.122. The van der Waals surface area contributed by atoms with Crippen molar-refractivity contribution in [1.29, 1.82) is 0 Å². The maximum atomic E-state index is 10.9. The van der Waals surface area contributed by atoms with E-state index in [9.17, 15) is 4.79 Å². The Morgan fingerprint density at radius 1 is 1.38 bits per heavy atom.